The predicted molar refractivity (Wildman–Crippen MR) is 84.9 cm³/mol. The summed E-state index contributed by atoms with van der Waals surface area (Å²) in [6.07, 6.45) is 3.33. The summed E-state index contributed by atoms with van der Waals surface area (Å²) in [5.41, 5.74) is 1.20. The molecule has 0 aliphatic carbocycles. The lowest BCUT2D eigenvalue weighted by Gasteiger charge is -2.31. The number of pyridine rings is 1. The van der Waals surface area contributed by atoms with E-state index in [1.54, 1.807) is 35.4 Å². The minimum Gasteiger partial charge on any atom is -0.493 e. The van der Waals surface area contributed by atoms with Crippen molar-refractivity contribution in [1.29, 1.82) is 0 Å². The van der Waals surface area contributed by atoms with Crippen LogP contribution in [0.3, 0.4) is 0 Å². The Hall–Kier alpha value is -2.95. The van der Waals surface area contributed by atoms with E-state index >= 15 is 0 Å². The molecule has 0 spiro atoms. The van der Waals surface area contributed by atoms with E-state index in [1.807, 2.05) is 18.2 Å². The van der Waals surface area contributed by atoms with Crippen molar-refractivity contribution < 1.29 is 14.7 Å². The average Bonchev–Trinajstić information content (AvgIpc) is 2.57. The summed E-state index contributed by atoms with van der Waals surface area (Å²) < 4.78 is 0. The van der Waals surface area contributed by atoms with Gasteiger partial charge < -0.3 is 10.0 Å². The fraction of sp³-hybridized carbons (Fsp3) is 0.167. The van der Waals surface area contributed by atoms with Crippen LogP contribution in [0, 0.1) is 0 Å². The number of ketones is 2. The van der Waals surface area contributed by atoms with Crippen molar-refractivity contribution in [2.45, 2.75) is 12.5 Å². The standard InChI is InChI=1S/C18H16N2O3/c21-14-9-10-20(12-17(22)13-5-2-1-3-6-13)16(11-14)15-7-4-8-18(23)19-15/h1-10,16H,11-12H2,(H,19,23). The minimum atomic E-state index is -0.354. The van der Waals surface area contributed by atoms with E-state index in [4.69, 9.17) is 0 Å². The van der Waals surface area contributed by atoms with Gasteiger partial charge in [-0.25, -0.2) is 4.98 Å². The molecule has 0 radical (unpaired) electrons. The number of hydrogen-bond acceptors (Lipinski definition) is 5. The van der Waals surface area contributed by atoms with E-state index in [0.717, 1.165) is 0 Å². The third-order valence-corrected chi connectivity index (χ3v) is 3.77. The maximum atomic E-state index is 12.4. The van der Waals surface area contributed by atoms with Crippen LogP contribution in [0.5, 0.6) is 5.88 Å². The fourth-order valence-electron chi connectivity index (χ4n) is 2.60. The second-order valence-corrected chi connectivity index (χ2v) is 5.38. The predicted octanol–water partition coefficient (Wildman–Crippen LogP) is 2.50. The average molecular weight is 308 g/mol. The summed E-state index contributed by atoms with van der Waals surface area (Å²) in [7, 11) is 0. The molecule has 23 heavy (non-hydrogen) atoms. The quantitative estimate of drug-likeness (QED) is 0.879. The van der Waals surface area contributed by atoms with Crippen LogP contribution >= 0.6 is 0 Å². The van der Waals surface area contributed by atoms with Crippen molar-refractivity contribution in [2.24, 2.45) is 0 Å². The summed E-state index contributed by atoms with van der Waals surface area (Å²) in [6, 6.07) is 13.6. The van der Waals surface area contributed by atoms with Crippen molar-refractivity contribution >= 4 is 11.6 Å². The van der Waals surface area contributed by atoms with Gasteiger partial charge in [-0.3, -0.25) is 9.59 Å². The number of nitrogens with zero attached hydrogens (tertiary/aromatic N) is 2. The summed E-state index contributed by atoms with van der Waals surface area (Å²) in [5.74, 6) is -0.155. The van der Waals surface area contributed by atoms with Crippen LogP contribution in [-0.4, -0.2) is 33.1 Å². The first-order valence-corrected chi connectivity index (χ1v) is 7.34. The second kappa shape index (κ2) is 6.44. The number of Topliss-reactive ketones (excluding diaryl/α,β-unsaturated/α-hetero) is 1. The van der Waals surface area contributed by atoms with E-state index < -0.39 is 0 Å². The molecule has 0 bridgehead atoms. The van der Waals surface area contributed by atoms with E-state index in [0.29, 0.717) is 11.3 Å². The zero-order chi connectivity index (χ0) is 16.2. The number of carbonyl (C=O) groups excluding carboxylic acids is 2. The number of rotatable bonds is 4. The number of aromatic nitrogens is 1. The van der Waals surface area contributed by atoms with Crippen molar-refractivity contribution in [2.75, 3.05) is 6.54 Å². The molecule has 0 saturated carbocycles. The maximum Gasteiger partial charge on any atom is 0.211 e. The summed E-state index contributed by atoms with van der Waals surface area (Å²) in [6.45, 7) is 0.149. The van der Waals surface area contributed by atoms with Crippen LogP contribution in [0.15, 0.2) is 60.8 Å². The molecule has 2 heterocycles. The third kappa shape index (κ3) is 3.45. The third-order valence-electron chi connectivity index (χ3n) is 3.77. The molecule has 5 nitrogen and oxygen atoms in total. The van der Waals surface area contributed by atoms with Crippen LogP contribution in [0.4, 0.5) is 0 Å². The van der Waals surface area contributed by atoms with Gasteiger partial charge in [0.25, 0.3) is 0 Å². The summed E-state index contributed by atoms with van der Waals surface area (Å²) in [4.78, 5) is 30.0. The first-order valence-electron chi connectivity index (χ1n) is 7.34. The smallest absolute Gasteiger partial charge is 0.211 e. The molecule has 1 unspecified atom stereocenters. The van der Waals surface area contributed by atoms with Crippen molar-refractivity contribution in [3.63, 3.8) is 0 Å². The monoisotopic (exact) mass is 308 g/mol. The highest BCUT2D eigenvalue weighted by molar-refractivity contribution is 5.98. The molecule has 0 amide bonds. The second-order valence-electron chi connectivity index (χ2n) is 5.38. The summed E-state index contributed by atoms with van der Waals surface area (Å²) in [5, 5.41) is 9.56. The van der Waals surface area contributed by atoms with Gasteiger partial charge in [0, 0.05) is 24.3 Å². The van der Waals surface area contributed by atoms with Gasteiger partial charge in [0.15, 0.2) is 11.6 Å². The molecule has 0 fully saturated rings. The van der Waals surface area contributed by atoms with E-state index in [1.165, 1.54) is 12.1 Å². The van der Waals surface area contributed by atoms with E-state index in [9.17, 15) is 14.7 Å². The molecule has 2 aromatic rings. The highest BCUT2D eigenvalue weighted by Crippen LogP contribution is 2.28. The Bertz CT molecular complexity index is 756. The maximum absolute atomic E-state index is 12.4. The fourth-order valence-corrected chi connectivity index (χ4v) is 2.60. The van der Waals surface area contributed by atoms with E-state index in [2.05, 4.69) is 4.98 Å². The van der Waals surface area contributed by atoms with Gasteiger partial charge in [-0.1, -0.05) is 36.4 Å². The minimum absolute atomic E-state index is 0.0245. The molecule has 1 aromatic carbocycles. The van der Waals surface area contributed by atoms with E-state index in [-0.39, 0.29) is 36.5 Å². The number of hydrogen-bond donors (Lipinski definition) is 1. The van der Waals surface area contributed by atoms with Crippen molar-refractivity contribution in [3.8, 4) is 5.88 Å². The van der Waals surface area contributed by atoms with Crippen molar-refractivity contribution in [1.82, 2.24) is 9.88 Å². The van der Waals surface area contributed by atoms with Crippen LogP contribution < -0.4 is 0 Å². The Morgan fingerprint density at radius 1 is 1.17 bits per heavy atom. The lowest BCUT2D eigenvalue weighted by atomic mass is 10.0. The molecular formula is C18H16N2O3. The molecule has 116 valence electrons. The van der Waals surface area contributed by atoms with Crippen LogP contribution in [0.1, 0.15) is 28.5 Å². The number of aromatic hydroxyl groups is 1. The Labute approximate surface area is 133 Å². The first kappa shape index (κ1) is 15.0. The van der Waals surface area contributed by atoms with Gasteiger partial charge in [-0.15, -0.1) is 0 Å². The van der Waals surface area contributed by atoms with Crippen LogP contribution in [-0.2, 0) is 4.79 Å². The Morgan fingerprint density at radius 3 is 2.70 bits per heavy atom. The zero-order valence-electron chi connectivity index (χ0n) is 12.4. The van der Waals surface area contributed by atoms with Gasteiger partial charge in [0.1, 0.15) is 0 Å². The number of benzene rings is 1. The van der Waals surface area contributed by atoms with Gasteiger partial charge >= 0.3 is 0 Å². The Morgan fingerprint density at radius 2 is 1.96 bits per heavy atom. The van der Waals surface area contributed by atoms with Crippen molar-refractivity contribution in [3.05, 3.63) is 72.1 Å². The zero-order valence-corrected chi connectivity index (χ0v) is 12.4. The summed E-state index contributed by atoms with van der Waals surface area (Å²) >= 11 is 0. The highest BCUT2D eigenvalue weighted by Gasteiger charge is 2.27. The lowest BCUT2D eigenvalue weighted by Crippen LogP contribution is -2.33. The SMILES string of the molecule is O=C1C=CN(CC(=O)c2ccccc2)C(c2cccc(O)n2)C1. The normalized spacial score (nSPS) is 17.3. The molecule has 5 heteroatoms. The lowest BCUT2D eigenvalue weighted by molar-refractivity contribution is -0.116. The Kier molecular flexibility index (Phi) is 4.19. The van der Waals surface area contributed by atoms with Crippen LogP contribution in [0.25, 0.3) is 0 Å². The number of allylic oxidation sites excluding steroid dienone is 1. The van der Waals surface area contributed by atoms with Gasteiger partial charge in [0.2, 0.25) is 5.88 Å². The van der Waals surface area contributed by atoms with Gasteiger partial charge in [0.05, 0.1) is 18.3 Å². The molecule has 3 rings (SSSR count). The van der Waals surface area contributed by atoms with Gasteiger partial charge in [-0.2, -0.15) is 0 Å². The highest BCUT2D eigenvalue weighted by atomic mass is 16.3. The molecule has 1 aliphatic heterocycles. The van der Waals surface area contributed by atoms with Gasteiger partial charge in [-0.05, 0) is 12.1 Å². The molecule has 1 N–H and O–H groups in total. The molecule has 0 saturated heterocycles. The molecule has 1 aromatic heterocycles. The largest absolute Gasteiger partial charge is 0.493 e. The Balaban J connectivity index is 1.84. The number of carbonyl (C=O) groups is 2. The van der Waals surface area contributed by atoms with Crippen LogP contribution in [0.2, 0.25) is 0 Å². The first-order chi connectivity index (χ1) is 11.1. The molecular weight excluding hydrogens is 292 g/mol. The molecule has 1 atom stereocenters. The molecule has 1 aliphatic rings. The topological polar surface area (TPSA) is 70.5 Å².